The summed E-state index contributed by atoms with van der Waals surface area (Å²) in [5.74, 6) is 1.74. The standard InChI is InChI=1S/C22H19Br6N3O2/c1-4-6-22(3,5-2)19-29-20(32-17-13(25)7-11(23)8-14(17)26)31-21(30-19)33-18-15(27)9-12(24)10-16(18)28/h7-10H,4-6H2,1-3H3. The lowest BCUT2D eigenvalue weighted by atomic mass is 9.82. The maximum Gasteiger partial charge on any atom is 0.328 e. The van der Waals surface area contributed by atoms with E-state index in [1.54, 1.807) is 0 Å². The summed E-state index contributed by atoms with van der Waals surface area (Å²) < 4.78 is 17.0. The highest BCUT2D eigenvalue weighted by atomic mass is 79.9. The molecule has 0 saturated heterocycles. The fraction of sp³-hybridized carbons (Fsp3) is 0.318. The zero-order chi connectivity index (χ0) is 24.3. The van der Waals surface area contributed by atoms with Crippen molar-refractivity contribution in [1.82, 2.24) is 15.0 Å². The molecule has 0 bridgehead atoms. The fourth-order valence-corrected chi connectivity index (χ4v) is 7.97. The molecular weight excluding hydrogens is 818 g/mol. The van der Waals surface area contributed by atoms with E-state index in [0.29, 0.717) is 17.3 Å². The maximum atomic E-state index is 6.12. The Morgan fingerprint density at radius 1 is 0.697 bits per heavy atom. The predicted molar refractivity (Wildman–Crippen MR) is 152 cm³/mol. The van der Waals surface area contributed by atoms with Gasteiger partial charge in [-0.1, -0.05) is 59.1 Å². The molecule has 176 valence electrons. The SMILES string of the molecule is CCCC(C)(CC)c1nc(Oc2c(Br)cc(Br)cc2Br)nc(Oc2c(Br)cc(Br)cc2Br)n1. The van der Waals surface area contributed by atoms with Gasteiger partial charge in [-0.05, 0) is 101 Å². The van der Waals surface area contributed by atoms with Crippen molar-refractivity contribution in [2.75, 3.05) is 0 Å². The van der Waals surface area contributed by atoms with E-state index >= 15 is 0 Å². The number of nitrogens with zero attached hydrogens (tertiary/aromatic N) is 3. The minimum Gasteiger partial charge on any atom is -0.422 e. The number of halogens is 6. The molecular formula is C22H19Br6N3O2. The van der Waals surface area contributed by atoms with Gasteiger partial charge >= 0.3 is 12.0 Å². The molecule has 0 aliphatic carbocycles. The minimum atomic E-state index is -0.254. The van der Waals surface area contributed by atoms with E-state index < -0.39 is 0 Å². The van der Waals surface area contributed by atoms with Crippen LogP contribution in [0.1, 0.15) is 45.9 Å². The molecule has 33 heavy (non-hydrogen) atoms. The molecule has 0 amide bonds. The Morgan fingerprint density at radius 2 is 1.09 bits per heavy atom. The molecule has 0 aliphatic heterocycles. The van der Waals surface area contributed by atoms with Gasteiger partial charge in [0.15, 0.2) is 11.5 Å². The Morgan fingerprint density at radius 3 is 1.42 bits per heavy atom. The molecule has 1 aromatic heterocycles. The second kappa shape index (κ2) is 11.8. The van der Waals surface area contributed by atoms with Gasteiger partial charge in [-0.15, -0.1) is 4.98 Å². The smallest absolute Gasteiger partial charge is 0.328 e. The first-order valence-corrected chi connectivity index (χ1v) is 14.7. The summed E-state index contributed by atoms with van der Waals surface area (Å²) in [5, 5.41) is 0. The first-order chi connectivity index (χ1) is 15.6. The Hall–Kier alpha value is -0.0700. The van der Waals surface area contributed by atoms with Crippen molar-refractivity contribution in [3.8, 4) is 23.5 Å². The van der Waals surface area contributed by atoms with Gasteiger partial charge in [0.25, 0.3) is 0 Å². The molecule has 0 fully saturated rings. The van der Waals surface area contributed by atoms with Crippen LogP contribution in [0.3, 0.4) is 0 Å². The van der Waals surface area contributed by atoms with Crippen LogP contribution < -0.4 is 9.47 Å². The van der Waals surface area contributed by atoms with Gasteiger partial charge in [0.2, 0.25) is 0 Å². The summed E-state index contributed by atoms with van der Waals surface area (Å²) >= 11 is 21.1. The highest BCUT2D eigenvalue weighted by molar-refractivity contribution is 9.12. The van der Waals surface area contributed by atoms with Crippen molar-refractivity contribution in [3.05, 3.63) is 56.9 Å². The number of hydrogen-bond donors (Lipinski definition) is 0. The second-order valence-corrected chi connectivity index (χ2v) is 12.7. The molecule has 0 aliphatic rings. The number of benzene rings is 2. The molecule has 3 rings (SSSR count). The predicted octanol–water partition coefficient (Wildman–Crippen LogP) is 10.5. The Balaban J connectivity index is 2.11. The summed E-state index contributed by atoms with van der Waals surface area (Å²) in [4.78, 5) is 13.8. The maximum absolute atomic E-state index is 6.12. The van der Waals surface area contributed by atoms with Gasteiger partial charge in [0.1, 0.15) is 5.82 Å². The molecule has 0 spiro atoms. The number of rotatable bonds is 8. The van der Waals surface area contributed by atoms with E-state index in [4.69, 9.17) is 9.47 Å². The normalized spacial score (nSPS) is 13.0. The second-order valence-electron chi connectivity index (χ2n) is 7.49. The lowest BCUT2D eigenvalue weighted by Crippen LogP contribution is -2.24. The average Bonchev–Trinajstić information content (AvgIpc) is 2.73. The van der Waals surface area contributed by atoms with Crippen molar-refractivity contribution in [2.24, 2.45) is 0 Å². The van der Waals surface area contributed by atoms with E-state index in [0.717, 1.165) is 46.1 Å². The van der Waals surface area contributed by atoms with Crippen LogP contribution in [-0.4, -0.2) is 15.0 Å². The van der Waals surface area contributed by atoms with Crippen LogP contribution in [0.4, 0.5) is 0 Å². The minimum absolute atomic E-state index is 0.152. The van der Waals surface area contributed by atoms with E-state index in [9.17, 15) is 0 Å². The third kappa shape index (κ3) is 6.78. The Labute approximate surface area is 243 Å². The van der Waals surface area contributed by atoms with Crippen molar-refractivity contribution in [1.29, 1.82) is 0 Å². The molecule has 0 saturated carbocycles. The van der Waals surface area contributed by atoms with Gasteiger partial charge in [-0.2, -0.15) is 9.97 Å². The zero-order valence-corrected chi connectivity index (χ0v) is 27.4. The molecule has 1 atom stereocenters. The van der Waals surface area contributed by atoms with Crippen molar-refractivity contribution in [3.63, 3.8) is 0 Å². The number of hydrogen-bond acceptors (Lipinski definition) is 5. The molecule has 5 nitrogen and oxygen atoms in total. The zero-order valence-electron chi connectivity index (χ0n) is 17.9. The van der Waals surface area contributed by atoms with Crippen LogP contribution in [0, 0.1) is 0 Å². The summed E-state index contributed by atoms with van der Waals surface area (Å²) in [6.07, 6.45) is 2.78. The molecule has 1 heterocycles. The van der Waals surface area contributed by atoms with Gasteiger partial charge in [-0.25, -0.2) is 0 Å². The third-order valence-electron chi connectivity index (χ3n) is 5.03. The Bertz CT molecular complexity index is 1050. The van der Waals surface area contributed by atoms with Crippen molar-refractivity contribution >= 4 is 95.6 Å². The van der Waals surface area contributed by atoms with E-state index in [1.807, 2.05) is 24.3 Å². The van der Waals surface area contributed by atoms with Gasteiger partial charge in [-0.3, -0.25) is 0 Å². The van der Waals surface area contributed by atoms with Crippen LogP contribution in [0.2, 0.25) is 0 Å². The van der Waals surface area contributed by atoms with Crippen LogP contribution in [-0.2, 0) is 5.41 Å². The summed E-state index contributed by atoms with van der Waals surface area (Å²) in [5.41, 5.74) is -0.254. The average molecular weight is 837 g/mol. The Kier molecular flexibility index (Phi) is 9.82. The fourth-order valence-electron chi connectivity index (χ4n) is 3.13. The van der Waals surface area contributed by atoms with E-state index in [1.165, 1.54) is 0 Å². The molecule has 1 unspecified atom stereocenters. The van der Waals surface area contributed by atoms with Crippen molar-refractivity contribution in [2.45, 2.75) is 45.4 Å². The topological polar surface area (TPSA) is 57.1 Å². The molecule has 11 heteroatoms. The molecule has 0 N–H and O–H groups in total. The highest BCUT2D eigenvalue weighted by Gasteiger charge is 2.30. The molecule has 2 aromatic carbocycles. The third-order valence-corrected chi connectivity index (χ3v) is 8.30. The molecule has 3 aromatic rings. The quantitative estimate of drug-likeness (QED) is 0.226. The lowest BCUT2D eigenvalue weighted by molar-refractivity contribution is 0.346. The van der Waals surface area contributed by atoms with Crippen molar-refractivity contribution < 1.29 is 9.47 Å². The largest absolute Gasteiger partial charge is 0.422 e. The van der Waals surface area contributed by atoms with Crippen LogP contribution in [0.5, 0.6) is 23.5 Å². The number of ether oxygens (including phenoxy) is 2. The van der Waals surface area contributed by atoms with E-state index in [-0.39, 0.29) is 17.4 Å². The molecule has 0 radical (unpaired) electrons. The summed E-state index contributed by atoms with van der Waals surface area (Å²) in [7, 11) is 0. The number of aromatic nitrogens is 3. The van der Waals surface area contributed by atoms with Gasteiger partial charge in [0, 0.05) is 14.4 Å². The van der Waals surface area contributed by atoms with Crippen LogP contribution in [0.25, 0.3) is 0 Å². The highest BCUT2D eigenvalue weighted by Crippen LogP contribution is 2.41. The summed E-state index contributed by atoms with van der Waals surface area (Å²) in [6.45, 7) is 6.43. The first kappa shape index (κ1) is 27.5. The monoisotopic (exact) mass is 831 g/mol. The first-order valence-electron chi connectivity index (χ1n) is 9.97. The summed E-state index contributed by atoms with van der Waals surface area (Å²) in [6, 6.07) is 7.87. The van der Waals surface area contributed by atoms with Gasteiger partial charge < -0.3 is 9.47 Å². The lowest BCUT2D eigenvalue weighted by Gasteiger charge is -2.26. The van der Waals surface area contributed by atoms with Crippen LogP contribution >= 0.6 is 95.6 Å². The van der Waals surface area contributed by atoms with Gasteiger partial charge in [0.05, 0.1) is 17.9 Å². The van der Waals surface area contributed by atoms with E-state index in [2.05, 4.69) is 131 Å². The van der Waals surface area contributed by atoms with Crippen LogP contribution in [0.15, 0.2) is 51.1 Å².